The van der Waals surface area contributed by atoms with Crippen molar-refractivity contribution in [2.24, 2.45) is 5.92 Å². The average molecular weight is 354 g/mol. The van der Waals surface area contributed by atoms with Crippen molar-refractivity contribution in [2.75, 3.05) is 31.6 Å². The van der Waals surface area contributed by atoms with Crippen molar-refractivity contribution >= 4 is 44.2 Å². The third kappa shape index (κ3) is 4.56. The number of benzene rings is 1. The van der Waals surface area contributed by atoms with E-state index in [2.05, 4.69) is 15.6 Å². The van der Waals surface area contributed by atoms with Crippen LogP contribution in [-0.4, -0.2) is 37.2 Å². The summed E-state index contributed by atoms with van der Waals surface area (Å²) < 4.78 is 6.35. The molecule has 2 N–H and O–H groups in total. The van der Waals surface area contributed by atoms with E-state index in [1.807, 2.05) is 18.2 Å². The maximum atomic E-state index is 12.0. The molecule has 1 aromatic carbocycles. The van der Waals surface area contributed by atoms with Gasteiger partial charge in [0.25, 0.3) is 0 Å². The third-order valence-electron chi connectivity index (χ3n) is 3.87. The molecule has 5 nitrogen and oxygen atoms in total. The third-order valence-corrected chi connectivity index (χ3v) is 5.08. The Labute approximate surface area is 144 Å². The van der Waals surface area contributed by atoms with Crippen molar-refractivity contribution in [3.05, 3.63) is 23.2 Å². The lowest BCUT2D eigenvalue weighted by molar-refractivity contribution is -0.127. The Morgan fingerprint density at radius 3 is 3.00 bits per heavy atom. The molecular weight excluding hydrogens is 334 g/mol. The summed E-state index contributed by atoms with van der Waals surface area (Å²) >= 11 is 7.57. The van der Waals surface area contributed by atoms with Crippen LogP contribution in [0.3, 0.4) is 0 Å². The molecule has 124 valence electrons. The number of halogens is 1. The quantitative estimate of drug-likeness (QED) is 0.782. The molecule has 3 rings (SSSR count). The van der Waals surface area contributed by atoms with Crippen LogP contribution >= 0.6 is 22.9 Å². The van der Waals surface area contributed by atoms with Gasteiger partial charge in [-0.3, -0.25) is 4.79 Å². The smallest absolute Gasteiger partial charge is 0.223 e. The molecule has 1 amide bonds. The molecule has 0 bridgehead atoms. The SMILES string of the molecule is O=C(NCCCNc1nc2ccc(Cl)cc2s1)C1CCOCC1. The molecule has 0 saturated carbocycles. The molecule has 7 heteroatoms. The minimum atomic E-state index is 0.116. The number of carbonyl (C=O) groups is 1. The van der Waals surface area contributed by atoms with E-state index in [1.54, 1.807) is 11.3 Å². The van der Waals surface area contributed by atoms with E-state index in [4.69, 9.17) is 16.3 Å². The fraction of sp³-hybridized carbons (Fsp3) is 0.500. The summed E-state index contributed by atoms with van der Waals surface area (Å²) in [5.74, 6) is 0.272. The van der Waals surface area contributed by atoms with Crippen molar-refractivity contribution in [3.63, 3.8) is 0 Å². The van der Waals surface area contributed by atoms with Gasteiger partial charge in [0.05, 0.1) is 10.2 Å². The maximum absolute atomic E-state index is 12.0. The lowest BCUT2D eigenvalue weighted by Gasteiger charge is -2.21. The Morgan fingerprint density at radius 1 is 1.35 bits per heavy atom. The van der Waals surface area contributed by atoms with Gasteiger partial charge >= 0.3 is 0 Å². The van der Waals surface area contributed by atoms with Gasteiger partial charge < -0.3 is 15.4 Å². The van der Waals surface area contributed by atoms with Crippen LogP contribution in [0.15, 0.2) is 18.2 Å². The zero-order valence-corrected chi connectivity index (χ0v) is 14.4. The van der Waals surface area contributed by atoms with Crippen LogP contribution in [0.5, 0.6) is 0 Å². The first-order valence-electron chi connectivity index (χ1n) is 7.88. The summed E-state index contributed by atoms with van der Waals surface area (Å²) in [6.07, 6.45) is 2.53. The van der Waals surface area contributed by atoms with Crippen LogP contribution in [0.25, 0.3) is 10.2 Å². The normalized spacial score (nSPS) is 15.7. The van der Waals surface area contributed by atoms with Gasteiger partial charge in [-0.2, -0.15) is 0 Å². The lowest BCUT2D eigenvalue weighted by atomic mass is 9.99. The number of nitrogens with one attached hydrogen (secondary N) is 2. The van der Waals surface area contributed by atoms with Gasteiger partial charge in [0.15, 0.2) is 5.13 Å². The van der Waals surface area contributed by atoms with Gasteiger partial charge in [-0.05, 0) is 37.5 Å². The number of fused-ring (bicyclic) bond motifs is 1. The molecule has 2 aromatic rings. The largest absolute Gasteiger partial charge is 0.381 e. The van der Waals surface area contributed by atoms with E-state index < -0.39 is 0 Å². The van der Waals surface area contributed by atoms with Crippen molar-refractivity contribution in [1.29, 1.82) is 0 Å². The van der Waals surface area contributed by atoms with E-state index in [-0.39, 0.29) is 11.8 Å². The van der Waals surface area contributed by atoms with E-state index in [0.717, 1.165) is 46.2 Å². The molecule has 0 unspecified atom stereocenters. The van der Waals surface area contributed by atoms with Crippen molar-refractivity contribution in [2.45, 2.75) is 19.3 Å². The van der Waals surface area contributed by atoms with Gasteiger partial charge in [0, 0.05) is 37.2 Å². The Balaban J connectivity index is 1.38. The number of hydrogen-bond acceptors (Lipinski definition) is 5. The zero-order valence-electron chi connectivity index (χ0n) is 12.8. The van der Waals surface area contributed by atoms with Gasteiger partial charge in [0.1, 0.15) is 0 Å². The molecule has 1 saturated heterocycles. The summed E-state index contributed by atoms with van der Waals surface area (Å²) in [5, 5.41) is 7.92. The summed E-state index contributed by atoms with van der Waals surface area (Å²) in [5.41, 5.74) is 0.953. The Hall–Kier alpha value is -1.37. The van der Waals surface area contributed by atoms with Crippen LogP contribution in [0.4, 0.5) is 5.13 Å². The number of carbonyl (C=O) groups excluding carboxylic acids is 1. The van der Waals surface area contributed by atoms with Crippen LogP contribution in [-0.2, 0) is 9.53 Å². The lowest BCUT2D eigenvalue weighted by Crippen LogP contribution is -2.35. The first-order valence-corrected chi connectivity index (χ1v) is 9.07. The second kappa shape index (κ2) is 7.95. The fourth-order valence-electron chi connectivity index (χ4n) is 2.57. The first-order chi connectivity index (χ1) is 11.2. The molecule has 1 aromatic heterocycles. The van der Waals surface area contributed by atoms with Crippen LogP contribution < -0.4 is 10.6 Å². The topological polar surface area (TPSA) is 63.2 Å². The number of nitrogens with zero attached hydrogens (tertiary/aromatic N) is 1. The Kier molecular flexibility index (Phi) is 5.70. The number of aromatic nitrogens is 1. The zero-order chi connectivity index (χ0) is 16.1. The highest BCUT2D eigenvalue weighted by molar-refractivity contribution is 7.22. The molecule has 1 aliphatic heterocycles. The number of rotatable bonds is 6. The van der Waals surface area contributed by atoms with Crippen molar-refractivity contribution in [1.82, 2.24) is 10.3 Å². The van der Waals surface area contributed by atoms with Crippen molar-refractivity contribution < 1.29 is 9.53 Å². The standard InChI is InChI=1S/C16H20ClN3O2S/c17-12-2-3-13-14(10-12)23-16(20-13)19-7-1-6-18-15(21)11-4-8-22-9-5-11/h2-3,10-11H,1,4-9H2,(H,18,21)(H,19,20). The highest BCUT2D eigenvalue weighted by Gasteiger charge is 2.20. The number of hydrogen-bond donors (Lipinski definition) is 2. The highest BCUT2D eigenvalue weighted by Crippen LogP contribution is 2.28. The first kappa shape index (κ1) is 16.5. The number of anilines is 1. The Bertz CT molecular complexity index is 670. The van der Waals surface area contributed by atoms with Gasteiger partial charge in [-0.25, -0.2) is 4.98 Å². The van der Waals surface area contributed by atoms with Crippen molar-refractivity contribution in [3.8, 4) is 0 Å². The summed E-state index contributed by atoms with van der Waals surface area (Å²) in [6, 6.07) is 5.69. The monoisotopic (exact) mass is 353 g/mol. The summed E-state index contributed by atoms with van der Waals surface area (Å²) in [7, 11) is 0. The second-order valence-electron chi connectivity index (χ2n) is 5.59. The maximum Gasteiger partial charge on any atom is 0.223 e. The molecule has 23 heavy (non-hydrogen) atoms. The second-order valence-corrected chi connectivity index (χ2v) is 7.06. The van der Waals surface area contributed by atoms with E-state index in [0.29, 0.717) is 19.8 Å². The van der Waals surface area contributed by atoms with Crippen LogP contribution in [0.2, 0.25) is 5.02 Å². The van der Waals surface area contributed by atoms with E-state index >= 15 is 0 Å². The average Bonchev–Trinajstić information content (AvgIpc) is 2.97. The molecule has 0 spiro atoms. The predicted octanol–water partition coefficient (Wildman–Crippen LogP) is 3.29. The summed E-state index contributed by atoms with van der Waals surface area (Å²) in [6.45, 7) is 2.85. The van der Waals surface area contributed by atoms with Gasteiger partial charge in [0.2, 0.25) is 5.91 Å². The number of thiazole rings is 1. The van der Waals surface area contributed by atoms with Crippen LogP contribution in [0, 0.1) is 5.92 Å². The number of ether oxygens (including phenoxy) is 1. The molecule has 0 aliphatic carbocycles. The van der Waals surface area contributed by atoms with Crippen LogP contribution in [0.1, 0.15) is 19.3 Å². The molecule has 0 radical (unpaired) electrons. The molecular formula is C16H20ClN3O2S. The molecule has 0 atom stereocenters. The highest BCUT2D eigenvalue weighted by atomic mass is 35.5. The van der Waals surface area contributed by atoms with Gasteiger partial charge in [-0.1, -0.05) is 22.9 Å². The fourth-order valence-corrected chi connectivity index (χ4v) is 3.74. The molecule has 1 aliphatic rings. The summed E-state index contributed by atoms with van der Waals surface area (Å²) in [4.78, 5) is 16.5. The van der Waals surface area contributed by atoms with Gasteiger partial charge in [-0.15, -0.1) is 0 Å². The molecule has 2 heterocycles. The van der Waals surface area contributed by atoms with E-state index in [1.165, 1.54) is 0 Å². The minimum Gasteiger partial charge on any atom is -0.381 e. The predicted molar refractivity (Wildman–Crippen MR) is 94.3 cm³/mol. The number of amides is 1. The van der Waals surface area contributed by atoms with E-state index in [9.17, 15) is 4.79 Å². The molecule has 1 fully saturated rings. The Morgan fingerprint density at radius 2 is 2.17 bits per heavy atom. The minimum absolute atomic E-state index is 0.116.